The Morgan fingerprint density at radius 1 is 1.13 bits per heavy atom. The quantitative estimate of drug-likeness (QED) is 0.404. The summed E-state index contributed by atoms with van der Waals surface area (Å²) in [5.74, 6) is 0.371. The predicted octanol–water partition coefficient (Wildman–Crippen LogP) is 2.47. The summed E-state index contributed by atoms with van der Waals surface area (Å²) in [5, 5.41) is 20.8. The molecule has 0 aliphatic carbocycles. The highest BCUT2D eigenvalue weighted by Crippen LogP contribution is 2.30. The van der Waals surface area contributed by atoms with E-state index in [9.17, 15) is 4.79 Å². The summed E-state index contributed by atoms with van der Waals surface area (Å²) in [5.41, 5.74) is 4.54. The lowest BCUT2D eigenvalue weighted by molar-refractivity contribution is -0.139. The zero-order valence-electron chi connectivity index (χ0n) is 16.3. The monoisotopic (exact) mass is 409 g/mol. The van der Waals surface area contributed by atoms with Gasteiger partial charge in [-0.3, -0.25) is 0 Å². The third-order valence-electron chi connectivity index (χ3n) is 3.88. The number of rotatable bonds is 9. The number of anilines is 1. The average Bonchev–Trinajstić information content (AvgIpc) is 2.78. The smallest absolute Gasteiger partial charge is 0.341 e. The largest absolute Gasteiger partial charge is 0.496 e. The number of ether oxygens (including phenoxy) is 3. The molecule has 0 spiro atoms. The summed E-state index contributed by atoms with van der Waals surface area (Å²) >= 11 is 0. The first-order valence-electron chi connectivity index (χ1n) is 8.76. The second kappa shape index (κ2) is 9.82. The van der Waals surface area contributed by atoms with E-state index >= 15 is 0 Å². The summed E-state index contributed by atoms with van der Waals surface area (Å²) in [6.45, 7) is -0.511. The van der Waals surface area contributed by atoms with E-state index in [4.69, 9.17) is 19.3 Å². The van der Waals surface area contributed by atoms with Crippen molar-refractivity contribution in [3.63, 3.8) is 0 Å². The third kappa shape index (κ3) is 4.98. The Morgan fingerprint density at radius 3 is 2.67 bits per heavy atom. The lowest BCUT2D eigenvalue weighted by Crippen LogP contribution is -2.11. The number of aliphatic carboxylic acids is 1. The zero-order chi connectivity index (χ0) is 21.3. The second-order valence-electron chi connectivity index (χ2n) is 5.80. The van der Waals surface area contributed by atoms with Gasteiger partial charge in [-0.25, -0.2) is 15.2 Å². The van der Waals surface area contributed by atoms with Crippen LogP contribution in [0.4, 0.5) is 5.95 Å². The molecule has 0 radical (unpaired) electrons. The number of nitrogens with one attached hydrogen (secondary N) is 1. The Bertz CT molecular complexity index is 1060. The standard InChI is InChI=1S/C20H19N5O5/c1-28-16-8-4-3-7-14(16)15-11-22-25-20(23-15)24-21-10-13-6-5-9-17(29-2)19(13)30-12-18(26)27/h3-11H,12H2,1-2H3,(H,26,27)(H,23,24,25)/b21-10+. The van der Waals surface area contributed by atoms with Crippen LogP contribution in [-0.4, -0.2) is 53.3 Å². The van der Waals surface area contributed by atoms with E-state index < -0.39 is 12.6 Å². The Morgan fingerprint density at radius 2 is 1.90 bits per heavy atom. The van der Waals surface area contributed by atoms with E-state index in [0.717, 1.165) is 5.56 Å². The van der Waals surface area contributed by atoms with Gasteiger partial charge >= 0.3 is 5.97 Å². The molecule has 0 aliphatic rings. The van der Waals surface area contributed by atoms with Crippen LogP contribution < -0.4 is 19.6 Å². The highest BCUT2D eigenvalue weighted by Gasteiger charge is 2.11. The van der Waals surface area contributed by atoms with Gasteiger partial charge < -0.3 is 19.3 Å². The maximum absolute atomic E-state index is 10.8. The Balaban J connectivity index is 1.80. The van der Waals surface area contributed by atoms with Crippen LogP contribution in [0.3, 0.4) is 0 Å². The minimum atomic E-state index is -1.10. The van der Waals surface area contributed by atoms with Crippen LogP contribution in [0.1, 0.15) is 5.56 Å². The van der Waals surface area contributed by atoms with E-state index in [1.54, 1.807) is 25.3 Å². The molecule has 2 N–H and O–H groups in total. The van der Waals surface area contributed by atoms with Gasteiger partial charge in [0.2, 0.25) is 0 Å². The zero-order valence-corrected chi connectivity index (χ0v) is 16.3. The van der Waals surface area contributed by atoms with Crippen molar-refractivity contribution in [1.29, 1.82) is 0 Å². The van der Waals surface area contributed by atoms with Crippen LogP contribution in [-0.2, 0) is 4.79 Å². The van der Waals surface area contributed by atoms with Gasteiger partial charge in [0.1, 0.15) is 5.75 Å². The molecule has 1 heterocycles. The van der Waals surface area contributed by atoms with Crippen LogP contribution in [0.25, 0.3) is 11.3 Å². The molecule has 154 valence electrons. The SMILES string of the molecule is COc1ccccc1-c1cnnc(N/N=C/c2cccc(OC)c2OCC(=O)O)n1. The fourth-order valence-electron chi connectivity index (χ4n) is 2.58. The maximum Gasteiger partial charge on any atom is 0.341 e. The second-order valence-corrected chi connectivity index (χ2v) is 5.80. The molecular formula is C20H19N5O5. The lowest BCUT2D eigenvalue weighted by atomic mass is 10.1. The number of benzene rings is 2. The van der Waals surface area contributed by atoms with Crippen molar-refractivity contribution in [1.82, 2.24) is 15.2 Å². The molecule has 2 aromatic carbocycles. The lowest BCUT2D eigenvalue weighted by Gasteiger charge is -2.11. The molecule has 0 aliphatic heterocycles. The summed E-state index contributed by atoms with van der Waals surface area (Å²) in [4.78, 5) is 15.2. The highest BCUT2D eigenvalue weighted by atomic mass is 16.5. The minimum Gasteiger partial charge on any atom is -0.496 e. The molecule has 10 nitrogen and oxygen atoms in total. The first-order chi connectivity index (χ1) is 14.6. The van der Waals surface area contributed by atoms with E-state index in [2.05, 4.69) is 25.7 Å². The summed E-state index contributed by atoms with van der Waals surface area (Å²) < 4.78 is 15.9. The summed E-state index contributed by atoms with van der Waals surface area (Å²) in [6, 6.07) is 12.5. The topological polar surface area (TPSA) is 128 Å². The molecule has 0 unspecified atom stereocenters. The number of carboxylic acid groups (broad SMARTS) is 1. The molecule has 3 aromatic rings. The average molecular weight is 409 g/mol. The molecule has 0 bridgehead atoms. The van der Waals surface area contributed by atoms with Crippen molar-refractivity contribution in [2.75, 3.05) is 26.3 Å². The number of hydrogen-bond donors (Lipinski definition) is 2. The first kappa shape index (κ1) is 20.5. The summed E-state index contributed by atoms with van der Waals surface area (Å²) in [7, 11) is 3.04. The van der Waals surface area contributed by atoms with Gasteiger partial charge in [-0.1, -0.05) is 18.2 Å². The number of hydrazone groups is 1. The van der Waals surface area contributed by atoms with Gasteiger partial charge in [-0.2, -0.15) is 10.2 Å². The van der Waals surface area contributed by atoms with Crippen LogP contribution >= 0.6 is 0 Å². The molecule has 10 heteroatoms. The molecule has 30 heavy (non-hydrogen) atoms. The first-order valence-corrected chi connectivity index (χ1v) is 8.76. The van der Waals surface area contributed by atoms with Crippen LogP contribution in [0.5, 0.6) is 17.2 Å². The van der Waals surface area contributed by atoms with Gasteiger partial charge in [-0.15, -0.1) is 5.10 Å². The van der Waals surface area contributed by atoms with Gasteiger partial charge in [-0.05, 0) is 24.3 Å². The van der Waals surface area contributed by atoms with Crippen molar-refractivity contribution in [2.24, 2.45) is 5.10 Å². The van der Waals surface area contributed by atoms with Crippen molar-refractivity contribution in [3.05, 3.63) is 54.2 Å². The van der Waals surface area contributed by atoms with E-state index in [1.165, 1.54) is 19.5 Å². The number of aromatic nitrogens is 3. The summed E-state index contributed by atoms with van der Waals surface area (Å²) in [6.07, 6.45) is 2.96. The highest BCUT2D eigenvalue weighted by molar-refractivity contribution is 5.85. The number of nitrogens with zero attached hydrogens (tertiary/aromatic N) is 4. The minimum absolute atomic E-state index is 0.172. The predicted molar refractivity (Wildman–Crippen MR) is 109 cm³/mol. The van der Waals surface area contributed by atoms with Crippen LogP contribution in [0, 0.1) is 0 Å². The van der Waals surface area contributed by atoms with Gasteiger partial charge in [0, 0.05) is 11.1 Å². The molecule has 1 aromatic heterocycles. The Labute approximate surface area is 172 Å². The van der Waals surface area contributed by atoms with Gasteiger partial charge in [0.15, 0.2) is 18.1 Å². The molecule has 0 saturated heterocycles. The van der Waals surface area contributed by atoms with Crippen molar-refractivity contribution in [2.45, 2.75) is 0 Å². The molecule has 0 fully saturated rings. The molecular weight excluding hydrogens is 390 g/mol. The van der Waals surface area contributed by atoms with Crippen molar-refractivity contribution in [3.8, 4) is 28.5 Å². The van der Waals surface area contributed by atoms with Crippen LogP contribution in [0.2, 0.25) is 0 Å². The van der Waals surface area contributed by atoms with Crippen LogP contribution in [0.15, 0.2) is 53.8 Å². The van der Waals surface area contributed by atoms with E-state index in [1.807, 2.05) is 24.3 Å². The third-order valence-corrected chi connectivity index (χ3v) is 3.88. The fraction of sp³-hybridized carbons (Fsp3) is 0.150. The van der Waals surface area contributed by atoms with Gasteiger partial charge in [0.25, 0.3) is 5.95 Å². The number of carbonyl (C=O) groups is 1. The van der Waals surface area contributed by atoms with Crippen molar-refractivity contribution < 1.29 is 24.1 Å². The van der Waals surface area contributed by atoms with Gasteiger partial charge in [0.05, 0.1) is 32.3 Å². The molecule has 0 saturated carbocycles. The fourth-order valence-corrected chi connectivity index (χ4v) is 2.58. The number of methoxy groups -OCH3 is 2. The molecule has 0 atom stereocenters. The van der Waals surface area contributed by atoms with Crippen molar-refractivity contribution >= 4 is 18.1 Å². The van der Waals surface area contributed by atoms with E-state index in [0.29, 0.717) is 22.8 Å². The maximum atomic E-state index is 10.8. The normalized spacial score (nSPS) is 10.6. The number of hydrogen-bond acceptors (Lipinski definition) is 9. The number of para-hydroxylation sites is 2. The Kier molecular flexibility index (Phi) is 6.72. The molecule has 0 amide bonds. The Hall–Kier alpha value is -4.21. The molecule has 3 rings (SSSR count). The van der Waals surface area contributed by atoms with E-state index in [-0.39, 0.29) is 11.7 Å². The number of carboxylic acids is 1.